The highest BCUT2D eigenvalue weighted by Crippen LogP contribution is 2.30. The number of hydrogen-bond donors (Lipinski definition) is 0. The molecule has 0 aromatic rings. The topological polar surface area (TPSA) is 20.3 Å². The predicted octanol–water partition coefficient (Wildman–Crippen LogP) is 1.70. The van der Waals surface area contributed by atoms with E-state index in [1.165, 1.54) is 12.8 Å². The molecule has 11 heavy (non-hydrogen) atoms. The first kappa shape index (κ1) is 7.58. The van der Waals surface area contributed by atoms with Gasteiger partial charge in [0.1, 0.15) is 0 Å². The average Bonchev–Trinajstić information content (AvgIpc) is 2.70. The summed E-state index contributed by atoms with van der Waals surface area (Å²) in [5.41, 5.74) is 0. The first-order valence-corrected chi connectivity index (χ1v) is 5.15. The summed E-state index contributed by atoms with van der Waals surface area (Å²) < 4.78 is 0.412. The Hall–Kier alpha value is -0.0600. The van der Waals surface area contributed by atoms with Crippen LogP contribution in [0.1, 0.15) is 19.3 Å². The van der Waals surface area contributed by atoms with Crippen molar-refractivity contribution in [3.05, 3.63) is 12.3 Å². The van der Waals surface area contributed by atoms with Gasteiger partial charge in [0.25, 0.3) is 0 Å². The summed E-state index contributed by atoms with van der Waals surface area (Å²) in [6.07, 6.45) is 7.15. The summed E-state index contributed by atoms with van der Waals surface area (Å²) in [5, 5.41) is 0. The number of allylic oxidation sites excluding steroid dienone is 1. The maximum Gasteiger partial charge on any atom is 0.228 e. The summed E-state index contributed by atoms with van der Waals surface area (Å²) in [6, 6.07) is 0.544. The van der Waals surface area contributed by atoms with Gasteiger partial charge in [0, 0.05) is 22.6 Å². The summed E-state index contributed by atoms with van der Waals surface area (Å²) >= 11 is 2.29. The number of rotatable bonds is 1. The molecule has 1 saturated carbocycles. The van der Waals surface area contributed by atoms with Crippen LogP contribution in [-0.4, -0.2) is 20.8 Å². The van der Waals surface area contributed by atoms with Crippen molar-refractivity contribution >= 4 is 28.5 Å². The quantitative estimate of drug-likeness (QED) is 0.521. The first-order chi connectivity index (χ1) is 5.27. The molecule has 2 aliphatic rings. The molecule has 0 spiro atoms. The molecule has 1 fully saturated rings. The Morgan fingerprint density at radius 1 is 1.55 bits per heavy atom. The molecule has 0 bridgehead atoms. The fourth-order valence-electron chi connectivity index (χ4n) is 1.29. The van der Waals surface area contributed by atoms with Crippen LogP contribution in [0.2, 0.25) is 0 Å². The van der Waals surface area contributed by atoms with E-state index in [4.69, 9.17) is 0 Å². The van der Waals surface area contributed by atoms with Crippen LogP contribution in [0.25, 0.3) is 0 Å². The van der Waals surface area contributed by atoms with Gasteiger partial charge in [-0.15, -0.1) is 0 Å². The van der Waals surface area contributed by atoms with E-state index in [-0.39, 0.29) is 0 Å². The standard InChI is InChI=1S/C8H10INO/c9-6-3-4-10(7-1-2-7)8(11)5-6/h3-4,6-7H,1-2,5H2. The smallest absolute Gasteiger partial charge is 0.228 e. The molecule has 3 heteroatoms. The molecular weight excluding hydrogens is 253 g/mol. The van der Waals surface area contributed by atoms with E-state index in [2.05, 4.69) is 28.7 Å². The van der Waals surface area contributed by atoms with Crippen LogP contribution in [0.5, 0.6) is 0 Å². The number of hydrogen-bond acceptors (Lipinski definition) is 1. The van der Waals surface area contributed by atoms with Gasteiger partial charge >= 0.3 is 0 Å². The molecule has 2 nitrogen and oxygen atoms in total. The normalized spacial score (nSPS) is 31.2. The number of carbonyl (C=O) groups excluding carboxylic acids is 1. The monoisotopic (exact) mass is 263 g/mol. The third kappa shape index (κ3) is 1.58. The largest absolute Gasteiger partial charge is 0.316 e. The van der Waals surface area contributed by atoms with Crippen molar-refractivity contribution < 1.29 is 4.79 Å². The maximum absolute atomic E-state index is 11.4. The van der Waals surface area contributed by atoms with Gasteiger partial charge in [-0.1, -0.05) is 28.7 Å². The van der Waals surface area contributed by atoms with E-state index in [0.717, 1.165) is 0 Å². The molecule has 1 aliphatic carbocycles. The second-order valence-electron chi connectivity index (χ2n) is 3.09. The summed E-state index contributed by atoms with van der Waals surface area (Å²) in [6.45, 7) is 0. The van der Waals surface area contributed by atoms with E-state index < -0.39 is 0 Å². The van der Waals surface area contributed by atoms with Gasteiger partial charge < -0.3 is 4.90 Å². The third-order valence-corrected chi connectivity index (χ3v) is 2.91. The van der Waals surface area contributed by atoms with Gasteiger partial charge in [-0.3, -0.25) is 4.79 Å². The number of carbonyl (C=O) groups is 1. The van der Waals surface area contributed by atoms with Gasteiger partial charge in [0.15, 0.2) is 0 Å². The third-order valence-electron chi connectivity index (χ3n) is 2.05. The predicted molar refractivity (Wildman–Crippen MR) is 51.4 cm³/mol. The number of amides is 1. The Morgan fingerprint density at radius 2 is 2.27 bits per heavy atom. The van der Waals surface area contributed by atoms with Gasteiger partial charge in [0.2, 0.25) is 5.91 Å². The van der Waals surface area contributed by atoms with E-state index in [1.54, 1.807) is 0 Å². The molecule has 0 aromatic carbocycles. The minimum absolute atomic E-state index is 0.300. The fraction of sp³-hybridized carbons (Fsp3) is 0.625. The van der Waals surface area contributed by atoms with Crippen LogP contribution in [0, 0.1) is 0 Å². The van der Waals surface area contributed by atoms with Crippen LogP contribution in [0.4, 0.5) is 0 Å². The lowest BCUT2D eigenvalue weighted by Gasteiger charge is -2.23. The Labute approximate surface area is 79.8 Å². The number of alkyl halides is 1. The molecular formula is C8H10INO. The van der Waals surface area contributed by atoms with E-state index in [0.29, 0.717) is 22.3 Å². The van der Waals surface area contributed by atoms with E-state index >= 15 is 0 Å². The lowest BCUT2D eigenvalue weighted by atomic mass is 10.2. The molecule has 1 heterocycles. The minimum atomic E-state index is 0.300. The minimum Gasteiger partial charge on any atom is -0.316 e. The van der Waals surface area contributed by atoms with Crippen LogP contribution < -0.4 is 0 Å². The Bertz CT molecular complexity index is 210. The highest BCUT2D eigenvalue weighted by atomic mass is 127. The molecule has 60 valence electrons. The molecule has 1 atom stereocenters. The van der Waals surface area contributed by atoms with Crippen molar-refractivity contribution in [1.29, 1.82) is 0 Å². The zero-order valence-electron chi connectivity index (χ0n) is 6.16. The van der Waals surface area contributed by atoms with Crippen molar-refractivity contribution in [2.24, 2.45) is 0 Å². The average molecular weight is 263 g/mol. The molecule has 0 N–H and O–H groups in total. The van der Waals surface area contributed by atoms with Gasteiger partial charge in [0.05, 0.1) is 0 Å². The Balaban J connectivity index is 2.09. The molecule has 1 unspecified atom stereocenters. The Morgan fingerprint density at radius 3 is 2.82 bits per heavy atom. The van der Waals surface area contributed by atoms with Crippen molar-refractivity contribution in [2.45, 2.75) is 29.2 Å². The number of halogens is 1. The zero-order valence-corrected chi connectivity index (χ0v) is 8.32. The van der Waals surface area contributed by atoms with Crippen LogP contribution >= 0.6 is 22.6 Å². The van der Waals surface area contributed by atoms with E-state index in [9.17, 15) is 4.79 Å². The molecule has 0 saturated heterocycles. The molecule has 1 aliphatic heterocycles. The molecule has 2 rings (SSSR count). The van der Waals surface area contributed by atoms with Gasteiger partial charge in [-0.2, -0.15) is 0 Å². The summed E-state index contributed by atoms with van der Waals surface area (Å²) in [7, 11) is 0. The SMILES string of the molecule is O=C1CC(I)C=CN1C1CC1. The summed E-state index contributed by atoms with van der Waals surface area (Å²) in [4.78, 5) is 13.3. The fourth-order valence-corrected chi connectivity index (χ4v) is 1.85. The van der Waals surface area contributed by atoms with Crippen LogP contribution in [0.3, 0.4) is 0 Å². The lowest BCUT2D eigenvalue weighted by Crippen LogP contribution is -2.32. The second kappa shape index (κ2) is 2.77. The highest BCUT2D eigenvalue weighted by molar-refractivity contribution is 14.1. The molecule has 0 radical (unpaired) electrons. The van der Waals surface area contributed by atoms with Crippen molar-refractivity contribution in [3.63, 3.8) is 0 Å². The maximum atomic E-state index is 11.4. The number of nitrogens with zero attached hydrogens (tertiary/aromatic N) is 1. The van der Waals surface area contributed by atoms with Crippen molar-refractivity contribution in [1.82, 2.24) is 4.90 Å². The zero-order chi connectivity index (χ0) is 7.84. The summed E-state index contributed by atoms with van der Waals surface area (Å²) in [5.74, 6) is 0.300. The Kier molecular flexibility index (Phi) is 1.91. The van der Waals surface area contributed by atoms with Crippen molar-refractivity contribution in [2.75, 3.05) is 0 Å². The molecule has 0 aromatic heterocycles. The van der Waals surface area contributed by atoms with Crippen LogP contribution in [0.15, 0.2) is 12.3 Å². The van der Waals surface area contributed by atoms with Gasteiger partial charge in [-0.25, -0.2) is 0 Å². The van der Waals surface area contributed by atoms with Crippen molar-refractivity contribution in [3.8, 4) is 0 Å². The molecule has 1 amide bonds. The highest BCUT2D eigenvalue weighted by Gasteiger charge is 2.33. The lowest BCUT2D eigenvalue weighted by molar-refractivity contribution is -0.129. The van der Waals surface area contributed by atoms with Gasteiger partial charge in [-0.05, 0) is 12.8 Å². The van der Waals surface area contributed by atoms with E-state index in [1.807, 2.05) is 11.1 Å². The first-order valence-electron chi connectivity index (χ1n) is 3.91. The second-order valence-corrected chi connectivity index (χ2v) is 4.69. The van der Waals surface area contributed by atoms with Crippen LogP contribution in [-0.2, 0) is 4.79 Å².